The maximum Gasteiger partial charge on any atom is 0.278 e. The second kappa shape index (κ2) is 8.55. The molecule has 7 nitrogen and oxygen atoms in total. The second-order valence-electron chi connectivity index (χ2n) is 7.67. The molecule has 1 atom stereocenters. The van der Waals surface area contributed by atoms with Gasteiger partial charge < -0.3 is 10.2 Å². The summed E-state index contributed by atoms with van der Waals surface area (Å²) in [4.78, 5) is 39.6. The van der Waals surface area contributed by atoms with Crippen molar-refractivity contribution < 1.29 is 9.59 Å². The molecular formula is C24H24N4O3. The van der Waals surface area contributed by atoms with E-state index in [0.717, 1.165) is 34.3 Å². The summed E-state index contributed by atoms with van der Waals surface area (Å²) in [5.41, 5.74) is 3.40. The van der Waals surface area contributed by atoms with Crippen molar-refractivity contribution >= 4 is 23.2 Å². The highest BCUT2D eigenvalue weighted by atomic mass is 16.2. The Bertz CT molecular complexity index is 1200. The highest BCUT2D eigenvalue weighted by Gasteiger charge is 2.32. The molecule has 31 heavy (non-hydrogen) atoms. The summed E-state index contributed by atoms with van der Waals surface area (Å²) in [7, 11) is 0. The topological polar surface area (TPSA) is 84.3 Å². The molecule has 0 bridgehead atoms. The Labute approximate surface area is 180 Å². The number of carbonyl (C=O) groups is 2. The van der Waals surface area contributed by atoms with Crippen molar-refractivity contribution in [2.24, 2.45) is 0 Å². The molecule has 1 aliphatic heterocycles. The van der Waals surface area contributed by atoms with Crippen LogP contribution in [0.15, 0.2) is 65.5 Å². The van der Waals surface area contributed by atoms with Crippen LogP contribution in [0.5, 0.6) is 0 Å². The van der Waals surface area contributed by atoms with Gasteiger partial charge in [0.1, 0.15) is 12.2 Å². The van der Waals surface area contributed by atoms with Gasteiger partial charge >= 0.3 is 0 Å². The molecule has 4 rings (SSSR count). The molecule has 7 heteroatoms. The van der Waals surface area contributed by atoms with Crippen molar-refractivity contribution in [1.29, 1.82) is 0 Å². The Kier molecular flexibility index (Phi) is 5.66. The number of aryl methyl sites for hydroxylation is 1. The van der Waals surface area contributed by atoms with Crippen molar-refractivity contribution in [2.45, 2.75) is 39.3 Å². The van der Waals surface area contributed by atoms with E-state index in [0.29, 0.717) is 5.69 Å². The van der Waals surface area contributed by atoms with Gasteiger partial charge in [-0.25, -0.2) is 4.68 Å². The molecular weight excluding hydrogens is 392 g/mol. The monoisotopic (exact) mass is 416 g/mol. The number of nitrogens with one attached hydrogen (secondary N) is 1. The van der Waals surface area contributed by atoms with E-state index < -0.39 is 5.56 Å². The quantitative estimate of drug-likeness (QED) is 0.693. The molecule has 1 aromatic heterocycles. The highest BCUT2D eigenvalue weighted by Crippen LogP contribution is 2.32. The van der Waals surface area contributed by atoms with Crippen LogP contribution in [0.1, 0.15) is 35.5 Å². The molecule has 0 radical (unpaired) electrons. The number of hydrogen-bond acceptors (Lipinski definition) is 4. The van der Waals surface area contributed by atoms with Gasteiger partial charge in [-0.15, -0.1) is 0 Å². The molecule has 0 saturated carbocycles. The first-order valence-electron chi connectivity index (χ1n) is 10.3. The zero-order valence-corrected chi connectivity index (χ0v) is 17.5. The minimum Gasteiger partial charge on any atom is -0.324 e. The van der Waals surface area contributed by atoms with Crippen molar-refractivity contribution in [3.8, 4) is 0 Å². The van der Waals surface area contributed by atoms with Crippen LogP contribution in [0.25, 0.3) is 0 Å². The normalized spacial score (nSPS) is 14.9. The molecule has 2 aromatic carbocycles. The smallest absolute Gasteiger partial charge is 0.278 e. The molecule has 3 aromatic rings. The summed E-state index contributed by atoms with van der Waals surface area (Å²) < 4.78 is 1.03. The van der Waals surface area contributed by atoms with E-state index in [-0.39, 0.29) is 30.1 Å². The largest absolute Gasteiger partial charge is 0.324 e. The summed E-state index contributed by atoms with van der Waals surface area (Å²) >= 11 is 0. The van der Waals surface area contributed by atoms with E-state index in [2.05, 4.69) is 10.4 Å². The standard InChI is InChI=1S/C24H24N4O3/c1-3-17-7-6-9-19(14-17)25-22(29)15-27-23(30)12-11-20(26-27)24(31)28-16(2)13-18-8-4-5-10-21(18)28/h4-12,14,16H,3,13,15H2,1-2H3,(H,25,29)/t16-/m1/s1. The summed E-state index contributed by atoms with van der Waals surface area (Å²) in [6.45, 7) is 3.74. The number of benzene rings is 2. The predicted molar refractivity (Wildman–Crippen MR) is 119 cm³/mol. The third-order valence-corrected chi connectivity index (χ3v) is 5.42. The summed E-state index contributed by atoms with van der Waals surface area (Å²) in [6, 6.07) is 18.0. The third kappa shape index (κ3) is 4.26. The van der Waals surface area contributed by atoms with Gasteiger partial charge in [-0.2, -0.15) is 5.10 Å². The fourth-order valence-electron chi connectivity index (χ4n) is 3.88. The third-order valence-electron chi connectivity index (χ3n) is 5.42. The lowest BCUT2D eigenvalue weighted by Crippen LogP contribution is -2.38. The number of fused-ring (bicyclic) bond motifs is 1. The number of carbonyl (C=O) groups excluding carboxylic acids is 2. The maximum absolute atomic E-state index is 13.2. The van der Waals surface area contributed by atoms with Gasteiger partial charge in [0.25, 0.3) is 11.5 Å². The first-order chi connectivity index (χ1) is 15.0. The van der Waals surface area contributed by atoms with Gasteiger partial charge in [-0.3, -0.25) is 14.4 Å². The molecule has 0 aliphatic carbocycles. The summed E-state index contributed by atoms with van der Waals surface area (Å²) in [6.07, 6.45) is 1.62. The Morgan fingerprint density at radius 2 is 1.90 bits per heavy atom. The number of para-hydroxylation sites is 1. The van der Waals surface area contributed by atoms with Gasteiger partial charge in [-0.1, -0.05) is 37.3 Å². The van der Waals surface area contributed by atoms with Gasteiger partial charge in [0.15, 0.2) is 0 Å². The number of rotatable bonds is 5. The SMILES string of the molecule is CCc1cccc(NC(=O)Cn2nc(C(=O)N3c4ccccc4C[C@H]3C)ccc2=O)c1. The Morgan fingerprint density at radius 1 is 1.10 bits per heavy atom. The van der Waals surface area contributed by atoms with E-state index in [1.807, 2.05) is 56.3 Å². The lowest BCUT2D eigenvalue weighted by molar-refractivity contribution is -0.117. The second-order valence-corrected chi connectivity index (χ2v) is 7.67. The van der Waals surface area contributed by atoms with Crippen molar-refractivity contribution in [3.05, 3.63) is 87.8 Å². The average molecular weight is 416 g/mol. The van der Waals surface area contributed by atoms with Crippen LogP contribution in [0.3, 0.4) is 0 Å². The zero-order valence-electron chi connectivity index (χ0n) is 17.5. The van der Waals surface area contributed by atoms with Crippen LogP contribution in [0.2, 0.25) is 0 Å². The maximum atomic E-state index is 13.2. The molecule has 0 fully saturated rings. The highest BCUT2D eigenvalue weighted by molar-refractivity contribution is 6.06. The van der Waals surface area contributed by atoms with Gasteiger partial charge in [0, 0.05) is 23.5 Å². The van der Waals surface area contributed by atoms with Crippen molar-refractivity contribution in [3.63, 3.8) is 0 Å². The lowest BCUT2D eigenvalue weighted by atomic mass is 10.1. The van der Waals surface area contributed by atoms with Crippen LogP contribution in [0, 0.1) is 0 Å². The fourth-order valence-corrected chi connectivity index (χ4v) is 3.88. The Morgan fingerprint density at radius 3 is 2.71 bits per heavy atom. The molecule has 0 unspecified atom stereocenters. The molecule has 2 amide bonds. The number of aromatic nitrogens is 2. The van der Waals surface area contributed by atoms with Crippen LogP contribution < -0.4 is 15.8 Å². The lowest BCUT2D eigenvalue weighted by Gasteiger charge is -2.22. The first-order valence-corrected chi connectivity index (χ1v) is 10.3. The van der Waals surface area contributed by atoms with Gasteiger partial charge in [0.05, 0.1) is 0 Å². The minimum atomic E-state index is -0.441. The molecule has 2 heterocycles. The van der Waals surface area contributed by atoms with Crippen LogP contribution >= 0.6 is 0 Å². The molecule has 1 aliphatic rings. The van der Waals surface area contributed by atoms with Gasteiger partial charge in [0.2, 0.25) is 5.91 Å². The minimum absolute atomic E-state index is 0.0128. The number of hydrogen-bond donors (Lipinski definition) is 1. The van der Waals surface area contributed by atoms with E-state index in [1.165, 1.54) is 12.1 Å². The zero-order chi connectivity index (χ0) is 22.0. The molecule has 1 N–H and O–H groups in total. The molecule has 0 spiro atoms. The predicted octanol–water partition coefficient (Wildman–Crippen LogP) is 3.04. The molecule has 0 saturated heterocycles. The Hall–Kier alpha value is -3.74. The van der Waals surface area contributed by atoms with E-state index in [9.17, 15) is 14.4 Å². The van der Waals surface area contributed by atoms with E-state index >= 15 is 0 Å². The molecule has 158 valence electrons. The van der Waals surface area contributed by atoms with E-state index in [1.54, 1.807) is 11.0 Å². The van der Waals surface area contributed by atoms with Crippen LogP contribution in [0.4, 0.5) is 11.4 Å². The van der Waals surface area contributed by atoms with E-state index in [4.69, 9.17) is 0 Å². The van der Waals surface area contributed by atoms with Crippen LogP contribution in [-0.4, -0.2) is 27.6 Å². The summed E-state index contributed by atoms with van der Waals surface area (Å²) in [5, 5.41) is 6.97. The first kappa shape index (κ1) is 20.5. The van der Waals surface area contributed by atoms with Crippen LogP contribution in [-0.2, 0) is 24.2 Å². The van der Waals surface area contributed by atoms with Crippen molar-refractivity contribution in [2.75, 3.05) is 10.2 Å². The summed E-state index contributed by atoms with van der Waals surface area (Å²) in [5.74, 6) is -0.672. The fraction of sp³-hybridized carbons (Fsp3) is 0.250. The average Bonchev–Trinajstić information content (AvgIpc) is 3.10. The number of amides is 2. The Balaban J connectivity index is 1.54. The van der Waals surface area contributed by atoms with Gasteiger partial charge in [-0.05, 0) is 55.2 Å². The number of nitrogens with zero attached hydrogens (tertiary/aromatic N) is 3. The number of anilines is 2. The van der Waals surface area contributed by atoms with Crippen molar-refractivity contribution in [1.82, 2.24) is 9.78 Å².